The Balaban J connectivity index is 0.00000324. The second-order valence-corrected chi connectivity index (χ2v) is 3.65. The minimum Gasteiger partial charge on any atom is -0.476 e. The zero-order valence-electron chi connectivity index (χ0n) is 10.5. The van der Waals surface area contributed by atoms with Crippen molar-refractivity contribution in [3.8, 4) is 11.6 Å². The monoisotopic (exact) mass is 300 g/mol. The minimum atomic E-state index is -4.70. The highest BCUT2D eigenvalue weighted by molar-refractivity contribution is 5.85. The van der Waals surface area contributed by atoms with Gasteiger partial charge in [0, 0.05) is 12.1 Å². The molecule has 0 bridgehead atoms. The first-order chi connectivity index (χ1) is 8.40. The fourth-order valence-corrected chi connectivity index (χ4v) is 1.26. The minimum absolute atomic E-state index is 0. The molecule has 110 valence electrons. The fourth-order valence-electron chi connectivity index (χ4n) is 1.26. The maximum Gasteiger partial charge on any atom is 0.573 e. The average Bonchev–Trinajstić information content (AvgIpc) is 2.26. The first kappa shape index (κ1) is 17.8. The molecule has 1 atom stereocenters. The van der Waals surface area contributed by atoms with Gasteiger partial charge in [-0.2, -0.15) is 0 Å². The quantitative estimate of drug-likeness (QED) is 0.877. The Hall–Kier alpha value is -1.21. The Morgan fingerprint density at radius 2 is 2.05 bits per heavy atom. The van der Waals surface area contributed by atoms with Crippen molar-refractivity contribution >= 4 is 12.4 Å². The lowest BCUT2D eigenvalue weighted by Gasteiger charge is -2.13. The van der Waals surface area contributed by atoms with Crippen LogP contribution in [0.15, 0.2) is 18.3 Å². The first-order valence-electron chi connectivity index (χ1n) is 5.48. The number of rotatable bonds is 6. The van der Waals surface area contributed by atoms with Crippen LogP contribution < -0.4 is 14.8 Å². The van der Waals surface area contributed by atoms with Crippen molar-refractivity contribution in [1.82, 2.24) is 10.3 Å². The lowest BCUT2D eigenvalue weighted by molar-refractivity contribution is -0.274. The number of halogens is 4. The number of pyridine rings is 1. The summed E-state index contributed by atoms with van der Waals surface area (Å²) in [6, 6.07) is 2.64. The van der Waals surface area contributed by atoms with Crippen molar-refractivity contribution in [3.63, 3.8) is 0 Å². The van der Waals surface area contributed by atoms with Crippen molar-refractivity contribution in [3.05, 3.63) is 18.3 Å². The van der Waals surface area contributed by atoms with E-state index in [2.05, 4.69) is 15.0 Å². The van der Waals surface area contributed by atoms with Crippen LogP contribution in [0.3, 0.4) is 0 Å². The lowest BCUT2D eigenvalue weighted by Crippen LogP contribution is -2.31. The zero-order chi connectivity index (χ0) is 13.6. The van der Waals surface area contributed by atoms with E-state index >= 15 is 0 Å². The van der Waals surface area contributed by atoms with Gasteiger partial charge in [0.25, 0.3) is 0 Å². The van der Waals surface area contributed by atoms with Crippen molar-refractivity contribution in [2.75, 3.05) is 13.2 Å². The van der Waals surface area contributed by atoms with Crippen LogP contribution in [-0.4, -0.2) is 30.5 Å². The summed E-state index contributed by atoms with van der Waals surface area (Å²) < 4.78 is 44.7. The molecule has 19 heavy (non-hydrogen) atoms. The lowest BCUT2D eigenvalue weighted by atomic mass is 10.3. The van der Waals surface area contributed by atoms with E-state index in [1.165, 1.54) is 6.07 Å². The maximum atomic E-state index is 11.9. The van der Waals surface area contributed by atoms with Gasteiger partial charge in [0.1, 0.15) is 12.4 Å². The zero-order valence-corrected chi connectivity index (χ0v) is 11.3. The maximum absolute atomic E-state index is 11.9. The van der Waals surface area contributed by atoms with Gasteiger partial charge in [-0.3, -0.25) is 0 Å². The number of ether oxygens (including phenoxy) is 2. The van der Waals surface area contributed by atoms with Crippen LogP contribution >= 0.6 is 12.4 Å². The SMILES string of the molecule is CCN[C@@H](C)COc1ccc(OC(F)(F)F)cn1.Cl. The van der Waals surface area contributed by atoms with E-state index < -0.39 is 6.36 Å². The van der Waals surface area contributed by atoms with Gasteiger partial charge in [-0.05, 0) is 19.5 Å². The molecule has 1 aromatic heterocycles. The van der Waals surface area contributed by atoms with E-state index in [9.17, 15) is 13.2 Å². The van der Waals surface area contributed by atoms with Crippen molar-refractivity contribution in [2.24, 2.45) is 0 Å². The number of nitrogens with one attached hydrogen (secondary N) is 1. The highest BCUT2D eigenvalue weighted by Crippen LogP contribution is 2.22. The average molecular weight is 301 g/mol. The van der Waals surface area contributed by atoms with E-state index in [1.54, 1.807) is 0 Å². The summed E-state index contributed by atoms with van der Waals surface area (Å²) in [5, 5.41) is 3.13. The topological polar surface area (TPSA) is 43.4 Å². The Morgan fingerprint density at radius 1 is 1.37 bits per heavy atom. The molecular weight excluding hydrogens is 285 g/mol. The van der Waals surface area contributed by atoms with Gasteiger partial charge in [0.05, 0.1) is 6.20 Å². The van der Waals surface area contributed by atoms with Gasteiger partial charge < -0.3 is 14.8 Å². The van der Waals surface area contributed by atoms with Crippen LogP contribution in [0.5, 0.6) is 11.6 Å². The predicted octanol–water partition coefficient (Wildman–Crippen LogP) is 2.78. The molecule has 1 N–H and O–H groups in total. The van der Waals surface area contributed by atoms with Gasteiger partial charge in [0.2, 0.25) is 5.88 Å². The first-order valence-corrected chi connectivity index (χ1v) is 5.48. The standard InChI is InChI=1S/C11H15F3N2O2.ClH/c1-3-15-8(2)7-17-10-5-4-9(6-16-10)18-11(12,13)14;/h4-6,8,15H,3,7H2,1-2H3;1H/t8-;/m0./s1. The number of hydrogen-bond acceptors (Lipinski definition) is 4. The second-order valence-electron chi connectivity index (χ2n) is 3.65. The summed E-state index contributed by atoms with van der Waals surface area (Å²) in [5.41, 5.74) is 0. The van der Waals surface area contributed by atoms with E-state index in [4.69, 9.17) is 4.74 Å². The summed E-state index contributed by atoms with van der Waals surface area (Å²) in [6.45, 7) is 5.11. The summed E-state index contributed by atoms with van der Waals surface area (Å²) in [6.07, 6.45) is -3.73. The van der Waals surface area contributed by atoms with Gasteiger partial charge in [-0.15, -0.1) is 25.6 Å². The van der Waals surface area contributed by atoms with Gasteiger partial charge in [-0.1, -0.05) is 6.92 Å². The van der Waals surface area contributed by atoms with Crippen LogP contribution in [0.2, 0.25) is 0 Å². The van der Waals surface area contributed by atoms with E-state index in [-0.39, 0.29) is 30.1 Å². The number of aromatic nitrogens is 1. The molecule has 4 nitrogen and oxygen atoms in total. The fraction of sp³-hybridized carbons (Fsp3) is 0.545. The molecule has 0 saturated heterocycles. The molecule has 1 heterocycles. The van der Waals surface area contributed by atoms with E-state index in [0.717, 1.165) is 18.8 Å². The Kier molecular flexibility index (Phi) is 7.55. The number of likely N-dealkylation sites (N-methyl/N-ethyl adjacent to an activating group) is 1. The van der Waals surface area contributed by atoms with Crippen LogP contribution in [0.1, 0.15) is 13.8 Å². The molecule has 0 radical (unpaired) electrons. The molecule has 0 aliphatic rings. The molecule has 0 spiro atoms. The molecule has 0 saturated carbocycles. The van der Waals surface area contributed by atoms with Crippen molar-refractivity contribution in [2.45, 2.75) is 26.3 Å². The van der Waals surface area contributed by atoms with Gasteiger partial charge in [0.15, 0.2) is 0 Å². The predicted molar refractivity (Wildman–Crippen MR) is 66.8 cm³/mol. The molecule has 0 aliphatic heterocycles. The Labute approximate surface area is 115 Å². The van der Waals surface area contributed by atoms with Gasteiger partial charge >= 0.3 is 6.36 Å². The van der Waals surface area contributed by atoms with Crippen LogP contribution in [-0.2, 0) is 0 Å². The third kappa shape index (κ3) is 7.74. The molecule has 0 fully saturated rings. The van der Waals surface area contributed by atoms with E-state index in [1.807, 2.05) is 13.8 Å². The summed E-state index contributed by atoms with van der Waals surface area (Å²) >= 11 is 0. The van der Waals surface area contributed by atoms with Crippen LogP contribution in [0, 0.1) is 0 Å². The van der Waals surface area contributed by atoms with E-state index in [0.29, 0.717) is 6.61 Å². The van der Waals surface area contributed by atoms with Crippen molar-refractivity contribution in [1.29, 1.82) is 0 Å². The Bertz CT molecular complexity index is 360. The highest BCUT2D eigenvalue weighted by Gasteiger charge is 2.31. The molecular formula is C11H16ClF3N2O2. The molecule has 0 aliphatic carbocycles. The van der Waals surface area contributed by atoms with Crippen molar-refractivity contribution < 1.29 is 22.6 Å². The molecule has 1 rings (SSSR count). The molecule has 0 amide bonds. The smallest absolute Gasteiger partial charge is 0.476 e. The molecule has 0 unspecified atom stereocenters. The van der Waals surface area contributed by atoms with Gasteiger partial charge in [-0.25, -0.2) is 4.98 Å². The Morgan fingerprint density at radius 3 is 2.53 bits per heavy atom. The molecule has 1 aromatic rings. The molecule has 8 heteroatoms. The molecule has 0 aromatic carbocycles. The largest absolute Gasteiger partial charge is 0.573 e. The highest BCUT2D eigenvalue weighted by atomic mass is 35.5. The van der Waals surface area contributed by atoms with Crippen LogP contribution in [0.4, 0.5) is 13.2 Å². The number of alkyl halides is 3. The van der Waals surface area contributed by atoms with Crippen LogP contribution in [0.25, 0.3) is 0 Å². The normalized spacial score (nSPS) is 12.5. The number of hydrogen-bond donors (Lipinski definition) is 1. The third-order valence-corrected chi connectivity index (χ3v) is 1.98. The number of nitrogens with zero attached hydrogens (tertiary/aromatic N) is 1. The second kappa shape index (κ2) is 8.06. The summed E-state index contributed by atoms with van der Waals surface area (Å²) in [4.78, 5) is 3.72. The summed E-state index contributed by atoms with van der Waals surface area (Å²) in [5.74, 6) is -0.108. The summed E-state index contributed by atoms with van der Waals surface area (Å²) in [7, 11) is 0. The third-order valence-electron chi connectivity index (χ3n) is 1.98.